The van der Waals surface area contributed by atoms with Gasteiger partial charge < -0.3 is 20.7 Å². The SMILES string of the molecule is CC[Si](C)(CCCOc1ccc(CCC(N)(CO)CO)cc1)c1ccccc1. The fourth-order valence-corrected chi connectivity index (χ4v) is 6.34. The molecule has 2 aromatic rings. The number of benzene rings is 2. The highest BCUT2D eigenvalue weighted by Gasteiger charge is 2.26. The lowest BCUT2D eigenvalue weighted by atomic mass is 9.94. The first-order chi connectivity index (χ1) is 13.4. The summed E-state index contributed by atoms with van der Waals surface area (Å²) in [6, 6.07) is 21.4. The lowest BCUT2D eigenvalue weighted by Crippen LogP contribution is -2.47. The largest absolute Gasteiger partial charge is 0.494 e. The molecule has 2 rings (SSSR count). The van der Waals surface area contributed by atoms with Gasteiger partial charge in [-0.05, 0) is 37.0 Å². The van der Waals surface area contributed by atoms with Gasteiger partial charge in [-0.25, -0.2) is 0 Å². The summed E-state index contributed by atoms with van der Waals surface area (Å²) in [7, 11) is -1.42. The molecule has 0 fully saturated rings. The molecule has 0 aliphatic heterocycles. The number of nitrogens with two attached hydrogens (primary N) is 1. The fraction of sp³-hybridized carbons (Fsp3) is 0.478. The molecular weight excluding hydrogens is 366 g/mol. The van der Waals surface area contributed by atoms with Crippen LogP contribution in [0.3, 0.4) is 0 Å². The van der Waals surface area contributed by atoms with Crippen molar-refractivity contribution >= 4 is 13.3 Å². The molecular formula is C23H35NO3Si. The first kappa shape index (κ1) is 22.6. The van der Waals surface area contributed by atoms with Crippen LogP contribution < -0.4 is 15.7 Å². The Kier molecular flexibility index (Phi) is 8.70. The average Bonchev–Trinajstić information content (AvgIpc) is 2.76. The lowest BCUT2D eigenvalue weighted by molar-refractivity contribution is 0.115. The normalized spacial score (nSPS) is 13.9. The Morgan fingerprint density at radius 2 is 1.64 bits per heavy atom. The van der Waals surface area contributed by atoms with E-state index in [1.54, 1.807) is 0 Å². The molecule has 0 aromatic heterocycles. The van der Waals surface area contributed by atoms with Gasteiger partial charge in [0.15, 0.2) is 0 Å². The van der Waals surface area contributed by atoms with Crippen LogP contribution in [0.2, 0.25) is 18.6 Å². The highest BCUT2D eigenvalue weighted by atomic mass is 28.3. The highest BCUT2D eigenvalue weighted by molar-refractivity contribution is 6.90. The van der Waals surface area contributed by atoms with Crippen LogP contribution in [-0.2, 0) is 6.42 Å². The molecule has 0 heterocycles. The van der Waals surface area contributed by atoms with Gasteiger partial charge in [-0.15, -0.1) is 0 Å². The molecule has 0 aliphatic rings. The summed E-state index contributed by atoms with van der Waals surface area (Å²) in [5.41, 5.74) is 6.13. The van der Waals surface area contributed by atoms with Crippen molar-refractivity contribution in [2.45, 2.75) is 50.4 Å². The van der Waals surface area contributed by atoms with Gasteiger partial charge in [0, 0.05) is 0 Å². The van der Waals surface area contributed by atoms with Crippen molar-refractivity contribution in [1.29, 1.82) is 0 Å². The Hall–Kier alpha value is -1.66. The van der Waals surface area contributed by atoms with E-state index in [1.807, 2.05) is 24.3 Å². The maximum Gasteiger partial charge on any atom is 0.119 e. The molecule has 4 N–H and O–H groups in total. The third-order valence-corrected chi connectivity index (χ3v) is 10.6. The molecule has 0 spiro atoms. The van der Waals surface area contributed by atoms with Gasteiger partial charge in [0.05, 0.1) is 33.4 Å². The van der Waals surface area contributed by atoms with Crippen molar-refractivity contribution in [3.63, 3.8) is 0 Å². The summed E-state index contributed by atoms with van der Waals surface area (Å²) < 4.78 is 5.94. The van der Waals surface area contributed by atoms with Crippen molar-refractivity contribution in [1.82, 2.24) is 0 Å². The van der Waals surface area contributed by atoms with Crippen LogP contribution in [0.1, 0.15) is 25.3 Å². The van der Waals surface area contributed by atoms with Crippen LogP contribution in [0.4, 0.5) is 0 Å². The van der Waals surface area contributed by atoms with Crippen molar-refractivity contribution in [3.05, 3.63) is 60.2 Å². The van der Waals surface area contributed by atoms with Gasteiger partial charge >= 0.3 is 0 Å². The van der Waals surface area contributed by atoms with E-state index >= 15 is 0 Å². The van der Waals surface area contributed by atoms with E-state index in [1.165, 1.54) is 17.3 Å². The van der Waals surface area contributed by atoms with E-state index < -0.39 is 13.6 Å². The van der Waals surface area contributed by atoms with Crippen LogP contribution in [0.15, 0.2) is 54.6 Å². The zero-order valence-corrected chi connectivity index (χ0v) is 18.2. The first-order valence-electron chi connectivity index (χ1n) is 10.2. The smallest absolute Gasteiger partial charge is 0.119 e. The number of rotatable bonds is 12. The molecule has 0 bridgehead atoms. The van der Waals surface area contributed by atoms with Crippen LogP contribution in [-0.4, -0.2) is 43.6 Å². The molecule has 0 saturated carbocycles. The number of hydrogen-bond acceptors (Lipinski definition) is 4. The minimum atomic E-state index is -1.42. The Bertz CT molecular complexity index is 689. The zero-order valence-electron chi connectivity index (χ0n) is 17.2. The molecule has 1 unspecified atom stereocenters. The molecule has 28 heavy (non-hydrogen) atoms. The Balaban J connectivity index is 1.79. The van der Waals surface area contributed by atoms with Gasteiger partial charge in [-0.1, -0.05) is 73.2 Å². The molecule has 5 heteroatoms. The maximum atomic E-state index is 9.27. The third-order valence-electron chi connectivity index (χ3n) is 5.86. The molecule has 0 radical (unpaired) electrons. The number of aliphatic hydroxyl groups is 2. The number of aryl methyl sites for hydroxylation is 1. The van der Waals surface area contributed by atoms with E-state index in [-0.39, 0.29) is 13.2 Å². The van der Waals surface area contributed by atoms with E-state index in [9.17, 15) is 10.2 Å². The van der Waals surface area contributed by atoms with Crippen LogP contribution >= 0.6 is 0 Å². The second-order valence-electron chi connectivity index (χ2n) is 8.05. The second-order valence-corrected chi connectivity index (χ2v) is 13.0. The van der Waals surface area contributed by atoms with Crippen LogP contribution in [0.25, 0.3) is 0 Å². The Morgan fingerprint density at radius 1 is 1.00 bits per heavy atom. The minimum Gasteiger partial charge on any atom is -0.494 e. The fourth-order valence-electron chi connectivity index (χ4n) is 3.37. The van der Waals surface area contributed by atoms with Crippen molar-refractivity contribution in [3.8, 4) is 5.75 Å². The van der Waals surface area contributed by atoms with E-state index in [0.29, 0.717) is 6.42 Å². The molecule has 0 saturated heterocycles. The average molecular weight is 402 g/mol. The van der Waals surface area contributed by atoms with Gasteiger partial charge in [0.25, 0.3) is 0 Å². The summed E-state index contributed by atoms with van der Waals surface area (Å²) >= 11 is 0. The predicted molar refractivity (Wildman–Crippen MR) is 119 cm³/mol. The van der Waals surface area contributed by atoms with Crippen molar-refractivity contribution in [2.24, 2.45) is 5.73 Å². The standard InChI is InChI=1S/C23H35NO3Si/c1-3-28(2,22-8-5-4-6-9-22)17-7-16-27-21-12-10-20(11-13-21)14-15-23(24,18-25)19-26/h4-6,8-13,25-26H,3,7,14-19,24H2,1-2H3. The van der Waals surface area contributed by atoms with Gasteiger partial charge in [-0.2, -0.15) is 0 Å². The minimum absolute atomic E-state index is 0.215. The summed E-state index contributed by atoms with van der Waals surface area (Å²) in [5, 5.41) is 20.1. The molecule has 1 atom stereocenters. The lowest BCUT2D eigenvalue weighted by Gasteiger charge is -2.26. The van der Waals surface area contributed by atoms with E-state index in [4.69, 9.17) is 10.5 Å². The van der Waals surface area contributed by atoms with Crippen LogP contribution in [0, 0.1) is 0 Å². The summed E-state index contributed by atoms with van der Waals surface area (Å²) in [5.74, 6) is 0.881. The van der Waals surface area contributed by atoms with Gasteiger partial charge in [0.2, 0.25) is 0 Å². The van der Waals surface area contributed by atoms with Gasteiger partial charge in [0.1, 0.15) is 5.75 Å². The number of hydrogen-bond donors (Lipinski definition) is 3. The van der Waals surface area contributed by atoms with E-state index in [0.717, 1.165) is 30.8 Å². The zero-order chi connectivity index (χ0) is 20.5. The quantitative estimate of drug-likeness (QED) is 0.377. The molecule has 0 amide bonds. The van der Waals surface area contributed by atoms with Crippen LogP contribution in [0.5, 0.6) is 5.75 Å². The predicted octanol–water partition coefficient (Wildman–Crippen LogP) is 3.08. The summed E-state index contributed by atoms with van der Waals surface area (Å²) in [6.07, 6.45) is 2.32. The number of ether oxygens (including phenoxy) is 1. The molecule has 154 valence electrons. The molecule has 2 aromatic carbocycles. The Morgan fingerprint density at radius 3 is 2.21 bits per heavy atom. The first-order valence-corrected chi connectivity index (χ1v) is 13.1. The van der Waals surface area contributed by atoms with Gasteiger partial charge in [-0.3, -0.25) is 0 Å². The summed E-state index contributed by atoms with van der Waals surface area (Å²) in [6.45, 7) is 5.08. The second kappa shape index (κ2) is 10.8. The third kappa shape index (κ3) is 6.45. The highest BCUT2D eigenvalue weighted by Crippen LogP contribution is 2.20. The summed E-state index contributed by atoms with van der Waals surface area (Å²) in [4.78, 5) is 0. The van der Waals surface area contributed by atoms with Crippen molar-refractivity contribution in [2.75, 3.05) is 19.8 Å². The topological polar surface area (TPSA) is 75.7 Å². The monoisotopic (exact) mass is 401 g/mol. The molecule has 4 nitrogen and oxygen atoms in total. The maximum absolute atomic E-state index is 9.27. The van der Waals surface area contributed by atoms with Crippen molar-refractivity contribution < 1.29 is 14.9 Å². The number of aliphatic hydroxyl groups excluding tert-OH is 2. The Labute approximate surface area is 170 Å². The molecule has 0 aliphatic carbocycles. The van der Waals surface area contributed by atoms with E-state index in [2.05, 4.69) is 43.8 Å².